The van der Waals surface area contributed by atoms with Crippen LogP contribution in [-0.2, 0) is 10.2 Å². The molecule has 0 radical (unpaired) electrons. The van der Waals surface area contributed by atoms with Gasteiger partial charge in [-0.15, -0.1) is 0 Å². The molecule has 4 aliphatic rings. The number of aromatic nitrogens is 3. The zero-order valence-corrected chi connectivity index (χ0v) is 23.6. The summed E-state index contributed by atoms with van der Waals surface area (Å²) in [7, 11) is 0. The summed E-state index contributed by atoms with van der Waals surface area (Å²) in [5.74, 6) is 2.90. The van der Waals surface area contributed by atoms with Crippen LogP contribution in [0.4, 0.5) is 0 Å². The van der Waals surface area contributed by atoms with Crippen molar-refractivity contribution in [1.29, 1.82) is 0 Å². The Balaban J connectivity index is 1.11. The summed E-state index contributed by atoms with van der Waals surface area (Å²) in [6.45, 7) is 8.08. The zero-order valence-electron chi connectivity index (χ0n) is 22.8. The average molecular weight is 528 g/mol. The highest BCUT2D eigenvalue weighted by Gasteiger charge is 2.51. The van der Waals surface area contributed by atoms with Gasteiger partial charge in [0.2, 0.25) is 0 Å². The molecular formula is C31H37N5OS. The second-order valence-electron chi connectivity index (χ2n) is 11.9. The first-order valence-electron chi connectivity index (χ1n) is 13.8. The van der Waals surface area contributed by atoms with Gasteiger partial charge < -0.3 is 4.57 Å². The molecule has 0 unspecified atom stereocenters. The van der Waals surface area contributed by atoms with Crippen LogP contribution in [0.3, 0.4) is 0 Å². The number of carbonyl (C=O) groups is 1. The van der Waals surface area contributed by atoms with Crippen molar-refractivity contribution >= 4 is 23.9 Å². The molecule has 0 spiro atoms. The first-order valence-corrected chi connectivity index (χ1v) is 14.8. The number of rotatable bonds is 7. The van der Waals surface area contributed by atoms with Crippen molar-refractivity contribution in [3.8, 4) is 5.69 Å². The van der Waals surface area contributed by atoms with E-state index < -0.39 is 0 Å². The standard InChI is InChI=1S/C31H37N5OS/c1-19-9-20(2)34-30(33-19)38-18-29(37)35-32-17-26-10-21(3)36(22(26)4)28-7-5-27(6-8-28)31-14-23-11-24(15-31)13-25(12-23)16-31/h5-10,17,23-25H,11-16,18H2,1-4H3,(H,35,37)/b32-17-. The van der Waals surface area contributed by atoms with E-state index in [4.69, 9.17) is 0 Å². The van der Waals surface area contributed by atoms with Crippen LogP contribution in [0.25, 0.3) is 5.69 Å². The number of amides is 1. The van der Waals surface area contributed by atoms with Crippen molar-refractivity contribution in [2.45, 2.75) is 76.8 Å². The maximum absolute atomic E-state index is 12.3. The molecule has 2 heterocycles. The minimum atomic E-state index is -0.178. The summed E-state index contributed by atoms with van der Waals surface area (Å²) < 4.78 is 2.28. The summed E-state index contributed by atoms with van der Waals surface area (Å²) in [5, 5.41) is 4.84. The molecule has 7 heteroatoms. The van der Waals surface area contributed by atoms with Crippen LogP contribution < -0.4 is 5.43 Å². The maximum atomic E-state index is 12.3. The molecule has 4 fully saturated rings. The number of hydrogen-bond acceptors (Lipinski definition) is 5. The molecule has 0 aliphatic heterocycles. The van der Waals surface area contributed by atoms with Gasteiger partial charge in [0.15, 0.2) is 5.16 Å². The first kappa shape index (κ1) is 25.4. The molecule has 38 heavy (non-hydrogen) atoms. The Morgan fingerprint density at radius 2 is 1.61 bits per heavy atom. The third-order valence-electron chi connectivity index (χ3n) is 8.93. The van der Waals surface area contributed by atoms with Crippen LogP contribution in [0.15, 0.2) is 46.7 Å². The average Bonchev–Trinajstić information content (AvgIpc) is 3.14. The molecule has 7 rings (SSSR count). The van der Waals surface area contributed by atoms with Crippen LogP contribution >= 0.6 is 11.8 Å². The number of nitrogens with one attached hydrogen (secondary N) is 1. The second-order valence-corrected chi connectivity index (χ2v) is 12.9. The van der Waals surface area contributed by atoms with Crippen molar-refractivity contribution in [3.63, 3.8) is 0 Å². The summed E-state index contributed by atoms with van der Waals surface area (Å²) in [4.78, 5) is 21.0. The van der Waals surface area contributed by atoms with E-state index in [1.807, 2.05) is 19.9 Å². The molecule has 1 amide bonds. The van der Waals surface area contributed by atoms with E-state index in [1.165, 1.54) is 56.0 Å². The minimum Gasteiger partial charge on any atom is -0.318 e. The number of carbonyl (C=O) groups excluding carboxylic acids is 1. The monoisotopic (exact) mass is 527 g/mol. The third-order valence-corrected chi connectivity index (χ3v) is 9.78. The fourth-order valence-electron chi connectivity index (χ4n) is 7.84. The first-order chi connectivity index (χ1) is 18.3. The van der Waals surface area contributed by atoms with Crippen molar-refractivity contribution in [1.82, 2.24) is 20.0 Å². The Labute approximate surface area is 229 Å². The van der Waals surface area contributed by atoms with Crippen LogP contribution in [0, 0.1) is 45.4 Å². The van der Waals surface area contributed by atoms with Gasteiger partial charge in [-0.05, 0) is 119 Å². The van der Waals surface area contributed by atoms with Gasteiger partial charge in [0, 0.05) is 34.0 Å². The number of benzene rings is 1. The fourth-order valence-corrected chi connectivity index (χ4v) is 8.58. The quantitative estimate of drug-likeness (QED) is 0.172. The third kappa shape index (κ3) is 4.93. The highest BCUT2D eigenvalue weighted by molar-refractivity contribution is 7.99. The lowest BCUT2D eigenvalue weighted by Gasteiger charge is -2.57. The second kappa shape index (κ2) is 9.99. The SMILES string of the molecule is Cc1cc(C)nc(SCC(=O)N/N=C\c2cc(C)n(-c3ccc(C45CC6CC(CC(C6)C4)C5)cc3)c2C)n1. The smallest absolute Gasteiger partial charge is 0.250 e. The molecule has 6 nitrogen and oxygen atoms in total. The Hall–Kier alpha value is -2.93. The molecular weight excluding hydrogens is 490 g/mol. The Morgan fingerprint density at radius 3 is 2.21 bits per heavy atom. The molecule has 4 aliphatic carbocycles. The molecule has 4 bridgehead atoms. The summed E-state index contributed by atoms with van der Waals surface area (Å²) in [6, 6.07) is 13.4. The maximum Gasteiger partial charge on any atom is 0.250 e. The van der Waals surface area contributed by atoms with Gasteiger partial charge in [0.25, 0.3) is 5.91 Å². The number of hydrazone groups is 1. The van der Waals surface area contributed by atoms with Gasteiger partial charge in [0.1, 0.15) is 0 Å². The highest BCUT2D eigenvalue weighted by atomic mass is 32.2. The minimum absolute atomic E-state index is 0.178. The lowest BCUT2D eigenvalue weighted by molar-refractivity contribution is -0.118. The van der Waals surface area contributed by atoms with Crippen LogP contribution in [0.1, 0.15) is 72.4 Å². The van der Waals surface area contributed by atoms with Gasteiger partial charge in [-0.1, -0.05) is 23.9 Å². The molecule has 4 saturated carbocycles. The number of aryl methyl sites for hydroxylation is 3. The summed E-state index contributed by atoms with van der Waals surface area (Å²) in [6.07, 6.45) is 10.3. The Morgan fingerprint density at radius 1 is 1.00 bits per heavy atom. The van der Waals surface area contributed by atoms with Crippen molar-refractivity contribution in [2.75, 3.05) is 5.75 Å². The van der Waals surface area contributed by atoms with Gasteiger partial charge in [-0.25, -0.2) is 15.4 Å². The predicted octanol–water partition coefficient (Wildman–Crippen LogP) is 6.21. The molecule has 0 atom stereocenters. The molecule has 198 valence electrons. The van der Waals surface area contributed by atoms with E-state index in [0.29, 0.717) is 10.6 Å². The van der Waals surface area contributed by atoms with Crippen molar-refractivity contribution < 1.29 is 4.79 Å². The van der Waals surface area contributed by atoms with E-state index in [-0.39, 0.29) is 11.7 Å². The highest BCUT2D eigenvalue weighted by Crippen LogP contribution is 2.60. The topological polar surface area (TPSA) is 72.2 Å². The largest absolute Gasteiger partial charge is 0.318 e. The lowest BCUT2D eigenvalue weighted by atomic mass is 9.48. The normalized spacial score (nSPS) is 25.8. The number of hydrogen-bond donors (Lipinski definition) is 1. The molecule has 2 aromatic heterocycles. The van der Waals surface area contributed by atoms with E-state index in [1.54, 1.807) is 11.8 Å². The van der Waals surface area contributed by atoms with E-state index in [9.17, 15) is 4.79 Å². The molecule has 1 aromatic carbocycles. The van der Waals surface area contributed by atoms with E-state index >= 15 is 0 Å². The van der Waals surface area contributed by atoms with Crippen LogP contribution in [-0.4, -0.2) is 32.4 Å². The Kier molecular flexibility index (Phi) is 6.67. The lowest BCUT2D eigenvalue weighted by Crippen LogP contribution is -2.48. The number of thioether (sulfide) groups is 1. The zero-order chi connectivity index (χ0) is 26.4. The Bertz CT molecular complexity index is 1330. The molecule has 3 aromatic rings. The molecule has 0 saturated heterocycles. The van der Waals surface area contributed by atoms with Gasteiger partial charge in [-0.2, -0.15) is 5.10 Å². The van der Waals surface area contributed by atoms with Crippen molar-refractivity contribution in [2.24, 2.45) is 22.9 Å². The number of nitrogens with zero attached hydrogens (tertiary/aromatic N) is 4. The van der Waals surface area contributed by atoms with Gasteiger partial charge in [0.05, 0.1) is 12.0 Å². The fraction of sp³-hybridized carbons (Fsp3) is 0.484. The van der Waals surface area contributed by atoms with Crippen LogP contribution in [0.5, 0.6) is 0 Å². The van der Waals surface area contributed by atoms with E-state index in [0.717, 1.165) is 46.1 Å². The predicted molar refractivity (Wildman–Crippen MR) is 153 cm³/mol. The summed E-state index contributed by atoms with van der Waals surface area (Å²) >= 11 is 1.32. The van der Waals surface area contributed by atoms with Crippen molar-refractivity contribution in [3.05, 3.63) is 70.3 Å². The van der Waals surface area contributed by atoms with Gasteiger partial charge >= 0.3 is 0 Å². The molecule has 1 N–H and O–H groups in total. The summed E-state index contributed by atoms with van der Waals surface area (Å²) in [5.41, 5.74) is 10.9. The van der Waals surface area contributed by atoms with E-state index in [2.05, 4.69) is 69.2 Å². The van der Waals surface area contributed by atoms with Crippen LogP contribution in [0.2, 0.25) is 0 Å². The van der Waals surface area contributed by atoms with Gasteiger partial charge in [-0.3, -0.25) is 4.79 Å².